The molecule has 5 aliphatic rings. The van der Waals surface area contributed by atoms with E-state index in [-0.39, 0.29) is 113 Å². The van der Waals surface area contributed by atoms with Gasteiger partial charge >= 0.3 is 36.6 Å². The van der Waals surface area contributed by atoms with Gasteiger partial charge in [0.15, 0.2) is 35.4 Å². The van der Waals surface area contributed by atoms with Crippen molar-refractivity contribution in [2.45, 2.75) is 234 Å². The van der Waals surface area contributed by atoms with Gasteiger partial charge in [-0.15, -0.1) is 0 Å². The van der Waals surface area contributed by atoms with Crippen LogP contribution in [0.4, 0.5) is 21.0 Å². The number of pyridine rings is 4. The topological polar surface area (TPSA) is 458 Å². The molecule has 790 valence electrons. The monoisotopic (exact) mass is 2300 g/mol. The molecule has 21 rings (SSSR count). The molecule has 16 aromatic heterocycles. The summed E-state index contributed by atoms with van der Waals surface area (Å²) in [7, 11) is 9.68. The predicted molar refractivity (Wildman–Crippen MR) is 568 cm³/mol. The van der Waals surface area contributed by atoms with E-state index in [0.717, 1.165) is 113 Å². The lowest BCUT2D eigenvalue weighted by atomic mass is 9.87. The van der Waals surface area contributed by atoms with Crippen molar-refractivity contribution in [2.24, 2.45) is 28.2 Å². The fraction of sp³-hybridized carbons (Fsp3) is 0.471. The van der Waals surface area contributed by atoms with E-state index < -0.39 is 25.2 Å². The lowest BCUT2D eigenvalue weighted by Gasteiger charge is -2.36. The second-order valence-electron chi connectivity index (χ2n) is 37.7. The molecular weight excluding hydrogens is 2190 g/mol. The number of hydroxylamine groups is 2. The van der Waals surface area contributed by atoms with Crippen molar-refractivity contribution in [1.82, 2.24) is 93.2 Å². The summed E-state index contributed by atoms with van der Waals surface area (Å²) in [6.45, 7) is 29.9. The van der Waals surface area contributed by atoms with E-state index in [2.05, 4.69) is 140 Å². The van der Waals surface area contributed by atoms with E-state index in [1.54, 1.807) is 90.8 Å². The molecule has 0 radical (unpaired) electrons. The summed E-state index contributed by atoms with van der Waals surface area (Å²) in [5.41, 5.74) is 10.5. The van der Waals surface area contributed by atoms with Crippen LogP contribution in [0.5, 0.6) is 0 Å². The first-order chi connectivity index (χ1) is 71.3. The van der Waals surface area contributed by atoms with Gasteiger partial charge in [0.1, 0.15) is 33.8 Å². The number of rotatable bonds is 20. The molecule has 3 amide bonds. The maximum Gasteiger partial charge on any atom is 0.534 e. The summed E-state index contributed by atoms with van der Waals surface area (Å²) in [6.07, 6.45) is 27.9. The Labute approximate surface area is 890 Å². The van der Waals surface area contributed by atoms with Crippen LogP contribution in [0.25, 0.3) is 100 Å². The molecule has 0 aliphatic carbocycles. The fourth-order valence-corrected chi connectivity index (χ4v) is 19.9. The number of amides is 3. The summed E-state index contributed by atoms with van der Waals surface area (Å²) >= 11 is 13.8. The average molecular weight is 2310 g/mol. The second-order valence-corrected chi connectivity index (χ2v) is 41.2. The lowest BCUT2D eigenvalue weighted by Crippen LogP contribution is -2.46. The molecule has 5 saturated heterocycles. The van der Waals surface area contributed by atoms with Gasteiger partial charge in [0.25, 0.3) is 0 Å². The maximum atomic E-state index is 13.5. The minimum Gasteiger partial charge on any atom is -0.452 e. The van der Waals surface area contributed by atoms with Gasteiger partial charge in [-0.1, -0.05) is 27.7 Å². The van der Waals surface area contributed by atoms with Crippen LogP contribution in [0.15, 0.2) is 153 Å². The van der Waals surface area contributed by atoms with E-state index in [1.165, 1.54) is 38.0 Å². The highest BCUT2D eigenvalue weighted by Crippen LogP contribution is 2.47. The van der Waals surface area contributed by atoms with Crippen molar-refractivity contribution in [3.63, 3.8) is 0 Å². The first-order valence-corrected chi connectivity index (χ1v) is 52.6. The van der Waals surface area contributed by atoms with Gasteiger partial charge in [-0.05, 0) is 234 Å². The van der Waals surface area contributed by atoms with Crippen LogP contribution in [-0.4, -0.2) is 226 Å². The van der Waals surface area contributed by atoms with Gasteiger partial charge in [0, 0.05) is 141 Å². The molecule has 0 spiro atoms. The largest absolute Gasteiger partial charge is 0.534 e. The summed E-state index contributed by atoms with van der Waals surface area (Å²) < 4.78 is 94.4. The van der Waals surface area contributed by atoms with Crippen LogP contribution in [0, 0.1) is 27.7 Å². The number of oxazole rings is 2. The first kappa shape index (κ1) is 109. The number of carbonyl (C=O) groups is 4. The van der Waals surface area contributed by atoms with E-state index in [9.17, 15) is 28.8 Å². The number of carbonyl (C=O) groups excluding carboxylic acids is 4. The van der Waals surface area contributed by atoms with Crippen LogP contribution < -0.4 is 26.8 Å². The van der Waals surface area contributed by atoms with Gasteiger partial charge < -0.3 is 64.2 Å². The highest BCUT2D eigenvalue weighted by atomic mass is 79.9. The Morgan fingerprint density at radius 1 is 0.477 bits per heavy atom. The number of hydrogen-bond acceptors (Lipinski definition) is 33. The molecule has 8 atom stereocenters. The van der Waals surface area contributed by atoms with Crippen LogP contribution in [0.2, 0.25) is 0 Å². The van der Waals surface area contributed by atoms with Crippen LogP contribution in [0.1, 0.15) is 208 Å². The van der Waals surface area contributed by atoms with E-state index in [1.807, 2.05) is 126 Å². The zero-order valence-corrected chi connectivity index (χ0v) is 93.0. The zero-order valence-electron chi connectivity index (χ0n) is 86.6. The number of halogens is 4. The standard InChI is InChI=1S/C24H24N6O4.C23H27BrN4O5.C21H22BrN5O3.C21H28BrN3O6.C9H14BNO3.C4H5BrN2/c1-4-16-7-15(5-6-32-16)30-21-18-8-17(19-10-25-12-33-19)13(2)27-23(18)34-22(21)20(28-24(30)31)14-9-26-29(3)11-14;1-5-16-9-15(7-8-32-16)28(23(30)31-6-2)19-17-10-18(24)13(3)26-22(17)33-21(19)20(29)14-11-25-27(4)12-14;1-4-14-7-13(5-6-29-14)27-18-15-8-16(22)11(2)24-20(15)30-19(18)17(25-21(27)28)12-9-23-26(3)10-12;1-6-14-10-13(8-9-30-14)25(21(27)29-7-2)17-15-11-16(22)12(3)23-19(15)31-18(17)20(26)24(4)28-5;1-8(2)9(3,4)14-10(13-8)7-5-11-6-12-7;1-7-3-4(5)2-6-7/h8-12,15-16H,4-7H2,1-3H3;10-12,15-16H,5-9H2,1-4H3;8-10,13-14H,4-7H2,1-3H3;11,13-14H,6-10H2,1-5H3;5-6H,1-4H3;2-3H,1H3/t2*15-,16-;2*13-,14-;;/m0000../s1. The molecule has 149 heavy (non-hydrogen) atoms. The normalized spacial score (nSPS) is 19.0. The summed E-state index contributed by atoms with van der Waals surface area (Å²) in [6, 6.07) is 7.08. The third kappa shape index (κ3) is 23.6. The molecule has 0 bridgehead atoms. The Hall–Kier alpha value is -12.3. The van der Waals surface area contributed by atoms with Crippen molar-refractivity contribution in [3.8, 4) is 33.8 Å². The summed E-state index contributed by atoms with van der Waals surface area (Å²) in [4.78, 5) is 123. The zero-order chi connectivity index (χ0) is 106. The molecule has 0 saturated carbocycles. The Morgan fingerprint density at radius 2 is 0.886 bits per heavy atom. The van der Waals surface area contributed by atoms with Crippen molar-refractivity contribution in [1.29, 1.82) is 0 Å². The second kappa shape index (κ2) is 47.1. The van der Waals surface area contributed by atoms with Gasteiger partial charge in [-0.25, -0.2) is 54.1 Å². The number of fused-ring (bicyclic) bond motifs is 8. The van der Waals surface area contributed by atoms with Gasteiger partial charge in [-0.2, -0.15) is 30.4 Å². The predicted octanol–water partition coefficient (Wildman–Crippen LogP) is 19.6. The van der Waals surface area contributed by atoms with Crippen LogP contribution >= 0.6 is 63.7 Å². The molecule has 21 heterocycles. The molecule has 0 unspecified atom stereocenters. The molecule has 16 aromatic rings. The number of aryl methyl sites for hydroxylation is 8. The maximum absolute atomic E-state index is 13.5. The Morgan fingerprint density at radius 3 is 1.29 bits per heavy atom. The molecule has 0 aromatic carbocycles. The highest BCUT2D eigenvalue weighted by molar-refractivity contribution is 9.11. The molecule has 42 nitrogen and oxygen atoms in total. The quantitative estimate of drug-likeness (QED) is 0.0388. The third-order valence-electron chi connectivity index (χ3n) is 27.2. The summed E-state index contributed by atoms with van der Waals surface area (Å²) in [5, 5.41) is 20.2. The van der Waals surface area contributed by atoms with Gasteiger partial charge in [-0.3, -0.25) is 52.1 Å². The number of furan rings is 4. The molecule has 47 heteroatoms. The number of hydrogen-bond donors (Lipinski definition) is 0. The Kier molecular flexibility index (Phi) is 34.5. The van der Waals surface area contributed by atoms with Crippen LogP contribution in [-0.2, 0) is 70.8 Å². The van der Waals surface area contributed by atoms with E-state index >= 15 is 0 Å². The lowest BCUT2D eigenvalue weighted by molar-refractivity contribution is -0.0772. The van der Waals surface area contributed by atoms with Crippen LogP contribution in [0.3, 0.4) is 0 Å². The number of nitrogens with zero attached hydrogens (tertiary/aromatic N) is 21. The Balaban J connectivity index is 0.000000133. The molecule has 5 aliphatic heterocycles. The number of ether oxygens (including phenoxy) is 6. The minimum absolute atomic E-state index is 0.00460. The fourth-order valence-electron chi connectivity index (χ4n) is 18.6. The van der Waals surface area contributed by atoms with Gasteiger partial charge in [0.2, 0.25) is 40.2 Å². The number of aromatic nitrogens is 18. The molecule has 5 fully saturated rings. The Bertz CT molecular complexity index is 7600. The summed E-state index contributed by atoms with van der Waals surface area (Å²) in [5.74, 6) is -0.294. The molecular formula is C102H120BBr4N21O21. The van der Waals surface area contributed by atoms with E-state index in [4.69, 9.17) is 74.1 Å². The molecule has 0 N–H and O–H groups in total. The third-order valence-corrected chi connectivity index (χ3v) is 30.0. The highest BCUT2D eigenvalue weighted by Gasteiger charge is 2.53. The smallest absolute Gasteiger partial charge is 0.452 e. The van der Waals surface area contributed by atoms with Crippen molar-refractivity contribution < 1.29 is 88.2 Å². The number of anilines is 2. The van der Waals surface area contributed by atoms with Crippen molar-refractivity contribution >= 4 is 178 Å². The van der Waals surface area contributed by atoms with E-state index in [0.29, 0.717) is 148 Å². The van der Waals surface area contributed by atoms with Crippen molar-refractivity contribution in [3.05, 3.63) is 178 Å². The first-order valence-electron chi connectivity index (χ1n) is 49.4. The minimum atomic E-state index is -0.544. The SMILES string of the molecule is CC1(C)OB(c2cnco2)OC1(C)C.CCOC(=O)N(c1c(C(=O)N(C)OC)oc2nc(C)c(Br)cc12)[C@H]1CCO[C@@H](CC)C1.CCOC(=O)N(c1c(C(=O)c2cnn(C)c2)oc2nc(C)c(Br)cc12)[C@H]1CCO[C@@H](CC)C1.CC[C@H]1C[C@@H](n2c(=O)nc(-c3cnn(C)c3)c3oc4nc(C)c(-c5cnco5)cc4c32)CCO1.CC[C@H]1C[C@@H](n2c(=O)nc(-c3cnn(C)c3)c3oc4nc(C)c(Br)cc4c32)CCO1.Cn1cc(Br)cn1. The number of ketones is 1. The average Bonchev–Trinajstić information content (AvgIpc) is 1.58. The van der Waals surface area contributed by atoms with Crippen molar-refractivity contribution in [2.75, 3.05) is 63.6 Å². The van der Waals surface area contributed by atoms with Gasteiger partial charge in [0.05, 0.1) is 147 Å².